The summed E-state index contributed by atoms with van der Waals surface area (Å²) < 4.78 is 30.7. The van der Waals surface area contributed by atoms with Crippen LogP contribution in [0.2, 0.25) is 0 Å². The molecule has 1 saturated carbocycles. The number of ether oxygens (including phenoxy) is 1. The maximum Gasteiger partial charge on any atom is 0.216 e. The zero-order valence-corrected chi connectivity index (χ0v) is 11.3. The average molecular weight is 270 g/mol. The van der Waals surface area contributed by atoms with Crippen LogP contribution in [0.25, 0.3) is 0 Å². The van der Waals surface area contributed by atoms with Crippen molar-refractivity contribution in [2.75, 3.05) is 31.4 Å². The fraction of sp³-hybridized carbons (Fsp3) is 1.00. The molecule has 1 rings (SSSR count). The molecule has 0 aromatic carbocycles. The number of alkyl halides is 1. The first-order valence-electron chi connectivity index (χ1n) is 5.75. The number of nitrogens with zero attached hydrogens (tertiary/aromatic N) is 1. The number of sulfonamides is 1. The van der Waals surface area contributed by atoms with E-state index in [4.69, 9.17) is 16.3 Å². The molecule has 0 aromatic heterocycles. The van der Waals surface area contributed by atoms with Crippen LogP contribution in [0.5, 0.6) is 0 Å². The van der Waals surface area contributed by atoms with Crippen LogP contribution in [0, 0.1) is 0 Å². The lowest BCUT2D eigenvalue weighted by Crippen LogP contribution is -2.46. The lowest BCUT2D eigenvalue weighted by Gasteiger charge is -2.36. The van der Waals surface area contributed by atoms with Crippen LogP contribution < -0.4 is 0 Å². The maximum absolute atomic E-state index is 12.0. The molecule has 4 nitrogen and oxygen atoms in total. The zero-order valence-electron chi connectivity index (χ0n) is 9.69. The standard InChI is InChI=1S/C10H20ClNO3S/c1-2-15-8-9-16(13,14)12(7-6-11)10-4-3-5-10/h10H,2-9H2,1H3. The highest BCUT2D eigenvalue weighted by Crippen LogP contribution is 2.27. The Morgan fingerprint density at radius 2 is 2.12 bits per heavy atom. The van der Waals surface area contributed by atoms with Gasteiger partial charge in [0.2, 0.25) is 10.0 Å². The molecule has 0 bridgehead atoms. The second-order valence-corrected chi connectivity index (χ2v) is 6.32. The van der Waals surface area contributed by atoms with E-state index in [1.807, 2.05) is 6.92 Å². The molecule has 1 aliphatic carbocycles. The predicted molar refractivity (Wildman–Crippen MR) is 65.3 cm³/mol. The van der Waals surface area contributed by atoms with E-state index in [0.717, 1.165) is 19.3 Å². The predicted octanol–water partition coefficient (Wildman–Crippen LogP) is 1.45. The quantitative estimate of drug-likeness (QED) is 0.495. The maximum atomic E-state index is 12.0. The van der Waals surface area contributed by atoms with Gasteiger partial charge in [0.25, 0.3) is 0 Å². The molecular weight excluding hydrogens is 250 g/mol. The third kappa shape index (κ3) is 3.87. The Bertz CT molecular complexity index is 290. The third-order valence-electron chi connectivity index (χ3n) is 2.83. The van der Waals surface area contributed by atoms with Crippen molar-refractivity contribution in [2.45, 2.75) is 32.2 Å². The molecule has 0 aliphatic heterocycles. The molecule has 0 spiro atoms. The first-order valence-corrected chi connectivity index (χ1v) is 7.89. The van der Waals surface area contributed by atoms with Gasteiger partial charge < -0.3 is 4.74 Å². The van der Waals surface area contributed by atoms with Gasteiger partial charge in [0.15, 0.2) is 0 Å². The number of hydrogen-bond acceptors (Lipinski definition) is 3. The summed E-state index contributed by atoms with van der Waals surface area (Å²) in [6.45, 7) is 3.09. The zero-order chi connectivity index (χ0) is 12.0. The lowest BCUT2D eigenvalue weighted by molar-refractivity contribution is 0.160. The minimum Gasteiger partial charge on any atom is -0.381 e. The highest BCUT2D eigenvalue weighted by atomic mass is 35.5. The first-order chi connectivity index (χ1) is 7.61. The van der Waals surface area contributed by atoms with E-state index in [1.54, 1.807) is 4.31 Å². The van der Waals surface area contributed by atoms with Gasteiger partial charge in [0, 0.05) is 25.1 Å². The SMILES string of the molecule is CCOCCS(=O)(=O)N(CCCl)C1CCC1. The first kappa shape index (κ1) is 14.2. The van der Waals surface area contributed by atoms with E-state index in [9.17, 15) is 8.42 Å². The van der Waals surface area contributed by atoms with Crippen molar-refractivity contribution < 1.29 is 13.2 Å². The molecule has 0 N–H and O–H groups in total. The van der Waals surface area contributed by atoms with Crippen LogP contribution in [0.4, 0.5) is 0 Å². The van der Waals surface area contributed by atoms with Crippen molar-refractivity contribution in [1.29, 1.82) is 0 Å². The Kier molecular flexibility index (Phi) is 6.03. The average Bonchev–Trinajstić information content (AvgIpc) is 2.14. The number of hydrogen-bond donors (Lipinski definition) is 0. The molecule has 0 saturated heterocycles. The summed E-state index contributed by atoms with van der Waals surface area (Å²) in [5.41, 5.74) is 0. The van der Waals surface area contributed by atoms with Crippen LogP contribution in [0.15, 0.2) is 0 Å². The minimum absolute atomic E-state index is 0.0637. The summed E-state index contributed by atoms with van der Waals surface area (Å²) in [7, 11) is -3.19. The van der Waals surface area contributed by atoms with Crippen molar-refractivity contribution in [3.63, 3.8) is 0 Å². The largest absolute Gasteiger partial charge is 0.381 e. The van der Waals surface area contributed by atoms with Gasteiger partial charge in [-0.1, -0.05) is 6.42 Å². The van der Waals surface area contributed by atoms with Gasteiger partial charge in [-0.05, 0) is 19.8 Å². The normalized spacial score (nSPS) is 17.7. The monoisotopic (exact) mass is 269 g/mol. The van der Waals surface area contributed by atoms with Crippen LogP contribution in [-0.4, -0.2) is 50.2 Å². The van der Waals surface area contributed by atoms with E-state index < -0.39 is 10.0 Å². The van der Waals surface area contributed by atoms with Crippen molar-refractivity contribution in [1.82, 2.24) is 4.31 Å². The van der Waals surface area contributed by atoms with Gasteiger partial charge in [-0.25, -0.2) is 8.42 Å². The second-order valence-electron chi connectivity index (χ2n) is 3.90. The molecule has 0 radical (unpaired) electrons. The summed E-state index contributed by atoms with van der Waals surface area (Å²) in [5.74, 6) is 0.415. The fourth-order valence-corrected chi connectivity index (χ4v) is 3.61. The van der Waals surface area contributed by atoms with E-state index in [0.29, 0.717) is 19.0 Å². The summed E-state index contributed by atoms with van der Waals surface area (Å²) >= 11 is 5.65. The molecule has 0 aromatic rings. The summed E-state index contributed by atoms with van der Waals surface area (Å²) in [6, 6.07) is 0.172. The molecule has 0 amide bonds. The molecule has 6 heteroatoms. The minimum atomic E-state index is -3.19. The Balaban J connectivity index is 2.53. The molecule has 1 fully saturated rings. The molecule has 0 atom stereocenters. The number of halogens is 1. The van der Waals surface area contributed by atoms with Crippen molar-refractivity contribution >= 4 is 21.6 Å². The van der Waals surface area contributed by atoms with Crippen molar-refractivity contribution in [3.05, 3.63) is 0 Å². The van der Waals surface area contributed by atoms with Gasteiger partial charge in [0.05, 0.1) is 12.4 Å². The molecule has 96 valence electrons. The third-order valence-corrected chi connectivity index (χ3v) is 4.88. The Morgan fingerprint density at radius 1 is 1.44 bits per heavy atom. The van der Waals surface area contributed by atoms with E-state index in [1.165, 1.54) is 0 Å². The molecule has 0 unspecified atom stereocenters. The van der Waals surface area contributed by atoms with Crippen molar-refractivity contribution in [3.8, 4) is 0 Å². The van der Waals surface area contributed by atoms with E-state index >= 15 is 0 Å². The summed E-state index contributed by atoms with van der Waals surface area (Å²) in [4.78, 5) is 0. The van der Waals surface area contributed by atoms with Crippen LogP contribution >= 0.6 is 11.6 Å². The van der Waals surface area contributed by atoms with Crippen LogP contribution in [0.3, 0.4) is 0 Å². The smallest absolute Gasteiger partial charge is 0.216 e. The van der Waals surface area contributed by atoms with E-state index in [2.05, 4.69) is 0 Å². The van der Waals surface area contributed by atoms with E-state index in [-0.39, 0.29) is 18.4 Å². The van der Waals surface area contributed by atoms with Crippen molar-refractivity contribution in [2.24, 2.45) is 0 Å². The lowest BCUT2D eigenvalue weighted by atomic mass is 9.93. The van der Waals surface area contributed by atoms with Crippen LogP contribution in [-0.2, 0) is 14.8 Å². The Hall–Kier alpha value is 0.160. The summed E-state index contributed by atoms with van der Waals surface area (Å²) in [5, 5.41) is 0. The Labute approximate surface area is 103 Å². The second kappa shape index (κ2) is 6.79. The van der Waals surface area contributed by atoms with Gasteiger partial charge in [-0.15, -0.1) is 11.6 Å². The highest BCUT2D eigenvalue weighted by Gasteiger charge is 2.32. The Morgan fingerprint density at radius 3 is 2.56 bits per heavy atom. The molecule has 16 heavy (non-hydrogen) atoms. The van der Waals surface area contributed by atoms with Gasteiger partial charge in [0.1, 0.15) is 0 Å². The molecular formula is C10H20ClNO3S. The fourth-order valence-electron chi connectivity index (χ4n) is 1.73. The number of rotatable bonds is 8. The van der Waals surface area contributed by atoms with Gasteiger partial charge in [-0.3, -0.25) is 0 Å². The van der Waals surface area contributed by atoms with Gasteiger partial charge >= 0.3 is 0 Å². The molecule has 1 aliphatic rings. The topological polar surface area (TPSA) is 46.6 Å². The highest BCUT2D eigenvalue weighted by molar-refractivity contribution is 7.89. The van der Waals surface area contributed by atoms with Crippen LogP contribution in [0.1, 0.15) is 26.2 Å². The summed E-state index contributed by atoms with van der Waals surface area (Å²) in [6.07, 6.45) is 3.04. The van der Waals surface area contributed by atoms with Gasteiger partial charge in [-0.2, -0.15) is 4.31 Å². The molecule has 0 heterocycles.